The molecule has 1 heterocycles. The van der Waals surface area contributed by atoms with E-state index in [1.807, 2.05) is 25.4 Å². The number of pyridine rings is 1. The van der Waals surface area contributed by atoms with E-state index < -0.39 is 0 Å². The summed E-state index contributed by atoms with van der Waals surface area (Å²) in [5, 5.41) is 6.91. The maximum absolute atomic E-state index is 6.05. The largest absolute Gasteiger partial charge is 0.474 e. The molecule has 140 valence electrons. The molecule has 2 fully saturated rings. The van der Waals surface area contributed by atoms with Gasteiger partial charge in [-0.3, -0.25) is 4.99 Å². The number of aliphatic imine (C=N–C) groups is 1. The summed E-state index contributed by atoms with van der Waals surface area (Å²) < 4.78 is 6.05. The molecule has 5 nitrogen and oxygen atoms in total. The number of guanidine groups is 1. The Kier molecular flexibility index (Phi) is 8.78. The average molecular weight is 458 g/mol. The van der Waals surface area contributed by atoms with Crippen LogP contribution in [-0.4, -0.2) is 30.1 Å². The molecule has 0 aromatic carbocycles. The molecule has 3 rings (SSSR count). The van der Waals surface area contributed by atoms with Crippen LogP contribution in [-0.2, 0) is 6.54 Å². The van der Waals surface area contributed by atoms with Crippen molar-refractivity contribution in [2.45, 2.75) is 76.5 Å². The fourth-order valence-electron chi connectivity index (χ4n) is 3.62. The van der Waals surface area contributed by atoms with Crippen molar-refractivity contribution < 1.29 is 4.74 Å². The Morgan fingerprint density at radius 1 is 1.16 bits per heavy atom. The van der Waals surface area contributed by atoms with E-state index in [1.165, 1.54) is 50.5 Å². The van der Waals surface area contributed by atoms with Crippen molar-refractivity contribution in [3.05, 3.63) is 23.9 Å². The minimum atomic E-state index is 0. The van der Waals surface area contributed by atoms with Crippen LogP contribution in [0.5, 0.6) is 5.88 Å². The van der Waals surface area contributed by atoms with Gasteiger partial charge in [0.15, 0.2) is 5.96 Å². The highest BCUT2D eigenvalue weighted by Gasteiger charge is 2.17. The smallest absolute Gasteiger partial charge is 0.213 e. The van der Waals surface area contributed by atoms with Crippen molar-refractivity contribution in [1.29, 1.82) is 0 Å². The van der Waals surface area contributed by atoms with Crippen molar-refractivity contribution in [2.75, 3.05) is 7.05 Å². The van der Waals surface area contributed by atoms with Crippen LogP contribution in [0.4, 0.5) is 0 Å². The molecule has 2 N–H and O–H groups in total. The molecule has 0 atom stereocenters. The third-order valence-electron chi connectivity index (χ3n) is 5.02. The quantitative estimate of drug-likeness (QED) is 0.398. The van der Waals surface area contributed by atoms with E-state index in [0.29, 0.717) is 12.1 Å². The molecule has 0 aliphatic heterocycles. The number of ether oxygens (including phenoxy) is 1. The van der Waals surface area contributed by atoms with Gasteiger partial charge in [0.1, 0.15) is 6.10 Å². The molecule has 0 unspecified atom stereocenters. The molecule has 25 heavy (non-hydrogen) atoms. The second-order valence-electron chi connectivity index (χ2n) is 6.93. The highest BCUT2D eigenvalue weighted by atomic mass is 127. The number of halogens is 1. The van der Waals surface area contributed by atoms with Crippen molar-refractivity contribution in [1.82, 2.24) is 15.6 Å². The summed E-state index contributed by atoms with van der Waals surface area (Å²) >= 11 is 0. The first-order chi connectivity index (χ1) is 11.8. The lowest BCUT2D eigenvalue weighted by Crippen LogP contribution is -2.41. The van der Waals surface area contributed by atoms with Crippen LogP contribution in [0.2, 0.25) is 0 Å². The molecule has 1 aromatic rings. The van der Waals surface area contributed by atoms with Crippen LogP contribution < -0.4 is 15.4 Å². The van der Waals surface area contributed by atoms with Crippen molar-refractivity contribution in [3.63, 3.8) is 0 Å². The van der Waals surface area contributed by atoms with Crippen LogP contribution in [0.25, 0.3) is 0 Å². The summed E-state index contributed by atoms with van der Waals surface area (Å²) in [7, 11) is 1.83. The van der Waals surface area contributed by atoms with Gasteiger partial charge in [-0.15, -0.1) is 24.0 Å². The van der Waals surface area contributed by atoms with E-state index >= 15 is 0 Å². The van der Waals surface area contributed by atoms with Gasteiger partial charge in [0, 0.05) is 31.9 Å². The Morgan fingerprint density at radius 3 is 2.60 bits per heavy atom. The van der Waals surface area contributed by atoms with Crippen molar-refractivity contribution in [3.8, 4) is 5.88 Å². The van der Waals surface area contributed by atoms with Gasteiger partial charge in [0.25, 0.3) is 0 Å². The summed E-state index contributed by atoms with van der Waals surface area (Å²) in [4.78, 5) is 8.70. The van der Waals surface area contributed by atoms with Gasteiger partial charge in [-0.1, -0.05) is 19.3 Å². The van der Waals surface area contributed by atoms with Crippen LogP contribution >= 0.6 is 24.0 Å². The SMILES string of the molecule is CN=C(NCc1ccnc(OC2CCCCC2)c1)NC1CCCC1.I. The molecule has 0 spiro atoms. The molecule has 0 bridgehead atoms. The Balaban J connectivity index is 0.00000225. The number of rotatable bonds is 5. The minimum absolute atomic E-state index is 0. The molecule has 0 radical (unpaired) electrons. The van der Waals surface area contributed by atoms with Crippen LogP contribution in [0.3, 0.4) is 0 Å². The number of aromatic nitrogens is 1. The molecule has 0 amide bonds. The normalized spacial score (nSPS) is 19.3. The van der Waals surface area contributed by atoms with Gasteiger partial charge in [-0.25, -0.2) is 4.98 Å². The standard InChI is InChI=1S/C19H30N4O.HI/c1-20-19(23-16-7-5-6-8-16)22-14-15-11-12-21-18(13-15)24-17-9-3-2-4-10-17;/h11-13,16-17H,2-10,14H2,1H3,(H2,20,22,23);1H. The maximum Gasteiger partial charge on any atom is 0.213 e. The summed E-state index contributed by atoms with van der Waals surface area (Å²) in [6, 6.07) is 4.65. The van der Waals surface area contributed by atoms with Gasteiger partial charge in [-0.05, 0) is 50.2 Å². The Labute approximate surface area is 168 Å². The van der Waals surface area contributed by atoms with Gasteiger partial charge in [0.2, 0.25) is 5.88 Å². The third-order valence-corrected chi connectivity index (χ3v) is 5.02. The second kappa shape index (κ2) is 10.8. The fraction of sp³-hybridized carbons (Fsp3) is 0.684. The van der Waals surface area contributed by atoms with E-state index in [9.17, 15) is 0 Å². The number of nitrogens with one attached hydrogen (secondary N) is 2. The Bertz CT molecular complexity index is 540. The summed E-state index contributed by atoms with van der Waals surface area (Å²) in [6.07, 6.45) is 13.5. The van der Waals surface area contributed by atoms with Crippen LogP contribution in [0, 0.1) is 0 Å². The van der Waals surface area contributed by atoms with E-state index in [1.54, 1.807) is 0 Å². The molecule has 1 aromatic heterocycles. The van der Waals surface area contributed by atoms with Crippen LogP contribution in [0.15, 0.2) is 23.3 Å². The molecule has 6 heteroatoms. The zero-order valence-electron chi connectivity index (χ0n) is 15.2. The summed E-state index contributed by atoms with van der Waals surface area (Å²) in [5.74, 6) is 1.63. The lowest BCUT2D eigenvalue weighted by molar-refractivity contribution is 0.148. The van der Waals surface area contributed by atoms with Gasteiger partial charge in [0.05, 0.1) is 0 Å². The number of hydrogen-bond donors (Lipinski definition) is 2. The first-order valence-corrected chi connectivity index (χ1v) is 9.42. The van der Waals surface area contributed by atoms with E-state index in [4.69, 9.17) is 4.74 Å². The number of nitrogens with zero attached hydrogens (tertiary/aromatic N) is 2. The van der Waals surface area contributed by atoms with Crippen molar-refractivity contribution in [2.24, 2.45) is 4.99 Å². The molecule has 2 aliphatic rings. The lowest BCUT2D eigenvalue weighted by atomic mass is 9.98. The summed E-state index contributed by atoms with van der Waals surface area (Å²) in [6.45, 7) is 0.732. The van der Waals surface area contributed by atoms with Gasteiger partial charge >= 0.3 is 0 Å². The predicted molar refractivity (Wildman–Crippen MR) is 113 cm³/mol. The zero-order valence-corrected chi connectivity index (χ0v) is 17.5. The van der Waals surface area contributed by atoms with Gasteiger partial charge < -0.3 is 15.4 Å². The molecule has 0 saturated heterocycles. The minimum Gasteiger partial charge on any atom is -0.474 e. The first kappa shape index (κ1) is 20.3. The summed E-state index contributed by atoms with van der Waals surface area (Å²) in [5.41, 5.74) is 1.17. The molecular formula is C19H31IN4O. The predicted octanol–water partition coefficient (Wildman–Crippen LogP) is 4.02. The highest BCUT2D eigenvalue weighted by Crippen LogP contribution is 2.22. The Hall–Kier alpha value is -1.05. The monoisotopic (exact) mass is 458 g/mol. The number of hydrogen-bond acceptors (Lipinski definition) is 3. The molecule has 2 saturated carbocycles. The third kappa shape index (κ3) is 6.64. The zero-order chi connectivity index (χ0) is 16.6. The lowest BCUT2D eigenvalue weighted by Gasteiger charge is -2.22. The van der Waals surface area contributed by atoms with E-state index in [2.05, 4.69) is 20.6 Å². The maximum atomic E-state index is 6.05. The second-order valence-corrected chi connectivity index (χ2v) is 6.93. The van der Waals surface area contributed by atoms with E-state index in [-0.39, 0.29) is 24.0 Å². The first-order valence-electron chi connectivity index (χ1n) is 9.42. The van der Waals surface area contributed by atoms with Crippen molar-refractivity contribution >= 4 is 29.9 Å². The molecule has 2 aliphatic carbocycles. The highest BCUT2D eigenvalue weighted by molar-refractivity contribution is 14.0. The average Bonchev–Trinajstić information content (AvgIpc) is 3.13. The van der Waals surface area contributed by atoms with Crippen LogP contribution in [0.1, 0.15) is 63.4 Å². The molecular weight excluding hydrogens is 427 g/mol. The van der Waals surface area contributed by atoms with E-state index in [0.717, 1.165) is 31.2 Å². The van der Waals surface area contributed by atoms with Gasteiger partial charge in [-0.2, -0.15) is 0 Å². The Morgan fingerprint density at radius 2 is 1.88 bits per heavy atom. The fourth-order valence-corrected chi connectivity index (χ4v) is 3.62. The topological polar surface area (TPSA) is 58.5 Å².